The lowest BCUT2D eigenvalue weighted by molar-refractivity contribution is -0.141. The molecule has 100 valence electrons. The van der Waals surface area contributed by atoms with E-state index in [1.54, 1.807) is 18.2 Å². The highest BCUT2D eigenvalue weighted by molar-refractivity contribution is 5.96. The first-order valence-corrected chi connectivity index (χ1v) is 5.88. The molecule has 0 radical (unpaired) electrons. The third kappa shape index (κ3) is 2.90. The van der Waals surface area contributed by atoms with E-state index in [-0.39, 0.29) is 18.9 Å². The van der Waals surface area contributed by atoms with Crippen LogP contribution in [0.4, 0.5) is 0 Å². The molecule has 0 spiro atoms. The number of carbonyl (C=O) groups is 3. The molecule has 0 bridgehead atoms. The van der Waals surface area contributed by atoms with Crippen molar-refractivity contribution < 1.29 is 19.5 Å². The molecule has 1 aliphatic heterocycles. The number of hydrogen-bond donors (Lipinski definition) is 2. The molecule has 1 heterocycles. The monoisotopic (exact) mass is 262 g/mol. The van der Waals surface area contributed by atoms with Crippen molar-refractivity contribution in [1.29, 1.82) is 0 Å². The van der Waals surface area contributed by atoms with Gasteiger partial charge in [0.15, 0.2) is 0 Å². The van der Waals surface area contributed by atoms with Crippen molar-refractivity contribution in [3.8, 4) is 0 Å². The average molecular weight is 262 g/mol. The summed E-state index contributed by atoms with van der Waals surface area (Å²) in [6, 6.07) is 6.94. The van der Waals surface area contributed by atoms with Crippen molar-refractivity contribution in [2.75, 3.05) is 6.54 Å². The molecule has 0 aliphatic carbocycles. The molecule has 2 rings (SSSR count). The van der Waals surface area contributed by atoms with Gasteiger partial charge in [-0.2, -0.15) is 0 Å². The Balaban J connectivity index is 2.04. The highest BCUT2D eigenvalue weighted by atomic mass is 16.4. The zero-order valence-electron chi connectivity index (χ0n) is 10.4. The molecule has 1 atom stereocenters. The number of rotatable bonds is 3. The second kappa shape index (κ2) is 5.09. The number of carboxylic acids is 1. The summed E-state index contributed by atoms with van der Waals surface area (Å²) in [7, 11) is 0. The minimum absolute atomic E-state index is 0.00568. The maximum Gasteiger partial charge on any atom is 0.308 e. The normalized spacial score (nSPS) is 18.5. The van der Waals surface area contributed by atoms with Crippen molar-refractivity contribution in [2.45, 2.75) is 13.3 Å². The summed E-state index contributed by atoms with van der Waals surface area (Å²) in [5, 5.41) is 9.92. The fraction of sp³-hybridized carbons (Fsp3) is 0.308. The minimum atomic E-state index is -1.03. The highest BCUT2D eigenvalue weighted by Crippen LogP contribution is 2.16. The summed E-state index contributed by atoms with van der Waals surface area (Å²) in [5.74, 6) is -2.58. The predicted molar refractivity (Wildman–Crippen MR) is 66.1 cm³/mol. The molecule has 6 heteroatoms. The Hall–Kier alpha value is -2.37. The summed E-state index contributed by atoms with van der Waals surface area (Å²) in [4.78, 5) is 34.3. The van der Waals surface area contributed by atoms with E-state index < -0.39 is 17.8 Å². The molecule has 1 saturated heterocycles. The second-order valence-electron chi connectivity index (χ2n) is 4.55. The summed E-state index contributed by atoms with van der Waals surface area (Å²) >= 11 is 0. The molecule has 2 amide bonds. The smallest absolute Gasteiger partial charge is 0.308 e. The Labute approximate surface area is 110 Å². The van der Waals surface area contributed by atoms with Crippen LogP contribution >= 0.6 is 0 Å². The van der Waals surface area contributed by atoms with Crippen molar-refractivity contribution in [1.82, 2.24) is 10.4 Å². The molecule has 1 aliphatic rings. The van der Waals surface area contributed by atoms with Crippen molar-refractivity contribution in [2.24, 2.45) is 5.92 Å². The summed E-state index contributed by atoms with van der Waals surface area (Å²) in [6.07, 6.45) is -0.0799. The van der Waals surface area contributed by atoms with Gasteiger partial charge in [0.2, 0.25) is 5.91 Å². The first kappa shape index (κ1) is 13.1. The SMILES string of the molecule is Cc1cccc(C(=O)NN2CC(C(=O)O)CC2=O)c1. The van der Waals surface area contributed by atoms with E-state index in [0.29, 0.717) is 5.56 Å². The number of aliphatic carboxylic acids is 1. The summed E-state index contributed by atoms with van der Waals surface area (Å²) < 4.78 is 0. The van der Waals surface area contributed by atoms with Crippen LogP contribution in [-0.2, 0) is 9.59 Å². The molecule has 1 aromatic rings. The first-order chi connectivity index (χ1) is 8.97. The highest BCUT2D eigenvalue weighted by Gasteiger charge is 2.35. The maximum absolute atomic E-state index is 11.9. The van der Waals surface area contributed by atoms with Crippen LogP contribution in [0.2, 0.25) is 0 Å². The van der Waals surface area contributed by atoms with Gasteiger partial charge in [-0.1, -0.05) is 17.7 Å². The van der Waals surface area contributed by atoms with Gasteiger partial charge in [-0.15, -0.1) is 0 Å². The molecular formula is C13H14N2O4. The maximum atomic E-state index is 11.9. The summed E-state index contributed by atoms with van der Waals surface area (Å²) in [6.45, 7) is 1.87. The number of aryl methyl sites for hydroxylation is 1. The van der Waals surface area contributed by atoms with E-state index in [0.717, 1.165) is 10.6 Å². The fourth-order valence-corrected chi connectivity index (χ4v) is 1.95. The van der Waals surface area contributed by atoms with Gasteiger partial charge in [0.05, 0.1) is 12.5 Å². The zero-order valence-corrected chi connectivity index (χ0v) is 10.4. The van der Waals surface area contributed by atoms with Gasteiger partial charge in [0, 0.05) is 12.0 Å². The van der Waals surface area contributed by atoms with Crippen LogP contribution in [0.15, 0.2) is 24.3 Å². The Bertz CT molecular complexity index is 541. The number of nitrogens with zero attached hydrogens (tertiary/aromatic N) is 1. The second-order valence-corrected chi connectivity index (χ2v) is 4.55. The average Bonchev–Trinajstić information content (AvgIpc) is 2.71. The van der Waals surface area contributed by atoms with Crippen molar-refractivity contribution in [3.63, 3.8) is 0 Å². The number of amides is 2. The van der Waals surface area contributed by atoms with Crippen molar-refractivity contribution in [3.05, 3.63) is 35.4 Å². The standard InChI is InChI=1S/C13H14N2O4/c1-8-3-2-4-9(5-8)12(17)14-15-7-10(13(18)19)6-11(15)16/h2-5,10H,6-7H2,1H3,(H,14,17)(H,18,19). The van der Waals surface area contributed by atoms with E-state index in [4.69, 9.17) is 5.11 Å². The predicted octanol–water partition coefficient (Wildman–Crippen LogP) is 0.573. The van der Waals surface area contributed by atoms with Crippen LogP contribution in [0.25, 0.3) is 0 Å². The van der Waals surface area contributed by atoms with Gasteiger partial charge >= 0.3 is 5.97 Å². The number of nitrogens with one attached hydrogen (secondary N) is 1. The molecule has 0 saturated carbocycles. The van der Waals surface area contributed by atoms with E-state index in [2.05, 4.69) is 5.43 Å². The van der Waals surface area contributed by atoms with Gasteiger partial charge in [-0.3, -0.25) is 24.8 Å². The fourth-order valence-electron chi connectivity index (χ4n) is 1.95. The molecular weight excluding hydrogens is 248 g/mol. The van der Waals surface area contributed by atoms with E-state index >= 15 is 0 Å². The van der Waals surface area contributed by atoms with E-state index in [1.807, 2.05) is 13.0 Å². The molecule has 1 unspecified atom stereocenters. The lowest BCUT2D eigenvalue weighted by Crippen LogP contribution is -2.43. The quantitative estimate of drug-likeness (QED) is 0.834. The van der Waals surface area contributed by atoms with Gasteiger partial charge in [-0.25, -0.2) is 0 Å². The Kier molecular flexibility index (Phi) is 3.50. The van der Waals surface area contributed by atoms with Crippen molar-refractivity contribution >= 4 is 17.8 Å². The van der Waals surface area contributed by atoms with Gasteiger partial charge in [0.1, 0.15) is 0 Å². The number of benzene rings is 1. The number of carbonyl (C=O) groups excluding carboxylic acids is 2. The largest absolute Gasteiger partial charge is 0.481 e. The first-order valence-electron chi connectivity index (χ1n) is 5.88. The third-order valence-electron chi connectivity index (χ3n) is 2.99. The van der Waals surface area contributed by atoms with Gasteiger partial charge in [0.25, 0.3) is 5.91 Å². The van der Waals surface area contributed by atoms with Crippen LogP contribution in [0, 0.1) is 12.8 Å². The van der Waals surface area contributed by atoms with Gasteiger partial charge < -0.3 is 5.11 Å². The molecule has 6 nitrogen and oxygen atoms in total. The topological polar surface area (TPSA) is 86.7 Å². The number of hydrazine groups is 1. The Morgan fingerprint density at radius 1 is 1.42 bits per heavy atom. The Morgan fingerprint density at radius 2 is 2.16 bits per heavy atom. The molecule has 1 aromatic carbocycles. The zero-order chi connectivity index (χ0) is 14.0. The van der Waals surface area contributed by atoms with E-state index in [9.17, 15) is 14.4 Å². The Morgan fingerprint density at radius 3 is 2.74 bits per heavy atom. The van der Waals surface area contributed by atoms with Crippen LogP contribution in [0.3, 0.4) is 0 Å². The lowest BCUT2D eigenvalue weighted by Gasteiger charge is -2.17. The van der Waals surface area contributed by atoms with Crippen LogP contribution in [0.5, 0.6) is 0 Å². The molecule has 2 N–H and O–H groups in total. The molecule has 1 fully saturated rings. The number of hydrogen-bond acceptors (Lipinski definition) is 3. The molecule has 19 heavy (non-hydrogen) atoms. The number of carboxylic acid groups (broad SMARTS) is 1. The van der Waals surface area contributed by atoms with Crippen LogP contribution < -0.4 is 5.43 Å². The van der Waals surface area contributed by atoms with Crippen LogP contribution in [-0.4, -0.2) is 34.4 Å². The third-order valence-corrected chi connectivity index (χ3v) is 2.99. The van der Waals surface area contributed by atoms with Crippen LogP contribution in [0.1, 0.15) is 22.3 Å². The summed E-state index contributed by atoms with van der Waals surface area (Å²) in [5.41, 5.74) is 3.81. The lowest BCUT2D eigenvalue weighted by atomic mass is 10.1. The minimum Gasteiger partial charge on any atom is -0.481 e. The van der Waals surface area contributed by atoms with E-state index in [1.165, 1.54) is 0 Å². The van der Waals surface area contributed by atoms with Gasteiger partial charge in [-0.05, 0) is 19.1 Å². The molecule has 0 aromatic heterocycles.